The first kappa shape index (κ1) is 74.9. The molecule has 2 heteroatoms. The lowest BCUT2D eigenvalue weighted by Gasteiger charge is -2.10. The molecule has 0 fully saturated rings. The van der Waals surface area contributed by atoms with Crippen LogP contribution in [0.4, 0.5) is 0 Å². The normalized spacial score (nSPS) is 11.2. The van der Waals surface area contributed by atoms with E-state index < -0.39 is 0 Å². The van der Waals surface area contributed by atoms with Crippen molar-refractivity contribution in [2.75, 3.05) is 0 Å². The second-order valence-electron chi connectivity index (χ2n) is 31.8. The highest BCUT2D eigenvalue weighted by molar-refractivity contribution is 5.84. The SMILES string of the molecule is C1#Cc2ccc(cc2)-c2ccc(cc2)-c2ccc(cc2)-c2ccc(cc2)-c2ccc(cc2)-c2ccc(cc2)-c2ccc(cc2)-c2ccc(cc2)-c2ccc(cc2)-c2ccc(cc2)-c2ccc(cc2)-c2ccc(cc2)C#C1.c1cc2ccc1-c1ccc(cc1)-c1ccc(cc1)-c1ccc(cn1)-c1ccc(cc1)-c1ccc(nc1)-c1ccc(cc1)-c1ccc-2cc1. The van der Waals surface area contributed by atoms with E-state index in [-0.39, 0.29) is 0 Å². The molecule has 2 nitrogen and oxygen atoms in total. The van der Waals surface area contributed by atoms with Gasteiger partial charge < -0.3 is 0 Å². The lowest BCUT2D eigenvalue weighted by molar-refractivity contribution is 1.32. The van der Waals surface area contributed by atoms with E-state index in [0.717, 1.165) is 67.0 Å². The van der Waals surface area contributed by atoms with Crippen molar-refractivity contribution < 1.29 is 0 Å². The highest BCUT2D eigenvalue weighted by Gasteiger charge is 2.14. The van der Waals surface area contributed by atoms with Crippen molar-refractivity contribution in [3.05, 3.63) is 485 Å². The van der Waals surface area contributed by atoms with Gasteiger partial charge in [0.05, 0.1) is 11.4 Å². The quantitative estimate of drug-likeness (QED) is 0.141. The molecule has 124 heavy (non-hydrogen) atoms. The lowest BCUT2D eigenvalue weighted by atomic mass is 9.95. The van der Waals surface area contributed by atoms with Crippen LogP contribution in [0, 0.1) is 23.7 Å². The van der Waals surface area contributed by atoms with Gasteiger partial charge in [-0.1, -0.05) is 436 Å². The third kappa shape index (κ3) is 16.2. The summed E-state index contributed by atoms with van der Waals surface area (Å²) in [6.45, 7) is 0. The molecule has 40 bridgehead atoms. The molecular formula is C122H78N2. The van der Waals surface area contributed by atoms with E-state index in [4.69, 9.17) is 9.97 Å². The summed E-state index contributed by atoms with van der Waals surface area (Å²) in [7, 11) is 0. The molecular weight excluding hydrogens is 1490 g/mol. The Kier molecular flexibility index (Phi) is 20.3. The Morgan fingerprint density at radius 2 is 0.194 bits per heavy atom. The predicted octanol–water partition coefficient (Wildman–Crippen LogP) is 31.9. The van der Waals surface area contributed by atoms with Gasteiger partial charge in [-0.2, -0.15) is 0 Å². The standard InChI is InChI=1S/C76H48.C46H30N2/c1-2-4-54-7-11-56(12-8-54)58-15-19-60(20-16-58)62-23-27-64(28-24-62)66-31-35-68(36-32-66)70-39-43-72(44-40-70)74-47-51-76(52-48-74)75-49-45-73(46-50-75)71-41-37-69(38-42-71)67-33-29-65(30-34-67)63-25-21-61(22-26-63)59-17-13-57(14-18-59)55-9-5-53(3-1)6-10-55;1-2-32-4-3-31(1)33-5-9-35(10-6-33)37-17-21-41(22-18-37)45-27-25-43(29-47-45)39-13-15-40(16-14-39)44-26-28-46(48-30-44)42-23-19-38(20-24-42)36-11-7-34(32)8-12-36/h5-52H;1-30H. The number of rotatable bonds is 0. The van der Waals surface area contributed by atoms with Crippen molar-refractivity contribution in [2.45, 2.75) is 0 Å². The summed E-state index contributed by atoms with van der Waals surface area (Å²) in [5, 5.41) is 0. The Hall–Kier alpha value is -16.6. The number of pyridine rings is 2. The molecule has 0 radical (unpaired) electrons. The van der Waals surface area contributed by atoms with Gasteiger partial charge in [-0.05, 0) is 226 Å². The van der Waals surface area contributed by atoms with Crippen LogP contribution in [0.5, 0.6) is 0 Å². The second-order valence-corrected chi connectivity index (χ2v) is 31.8. The van der Waals surface area contributed by atoms with E-state index in [1.807, 2.05) is 12.4 Å². The van der Waals surface area contributed by atoms with Crippen LogP contribution in [0.2, 0.25) is 0 Å². The molecule has 576 valence electrons. The van der Waals surface area contributed by atoms with E-state index >= 15 is 0 Å². The highest BCUT2D eigenvalue weighted by Crippen LogP contribution is 2.39. The minimum Gasteiger partial charge on any atom is -0.256 e. The Labute approximate surface area is 724 Å². The molecule has 46 aliphatic rings. The number of nitrogens with zero attached hydrogens (tertiary/aromatic N) is 2. The van der Waals surface area contributed by atoms with Gasteiger partial charge in [-0.3, -0.25) is 9.97 Å². The molecule has 66 rings (SSSR count). The highest BCUT2D eigenvalue weighted by atomic mass is 14.7. The zero-order chi connectivity index (χ0) is 82.5. The summed E-state index contributed by atoms with van der Waals surface area (Å²) in [6, 6.07) is 166. The Balaban J connectivity index is 0.000000168. The first-order chi connectivity index (χ1) is 61.3. The minimum absolute atomic E-state index is 0.935. The van der Waals surface area contributed by atoms with Gasteiger partial charge in [0.2, 0.25) is 0 Å². The van der Waals surface area contributed by atoms with Crippen LogP contribution in [0.3, 0.4) is 0 Å². The molecule has 18 aromatic carbocycles. The molecule has 0 spiro atoms. The van der Waals surface area contributed by atoms with Crippen LogP contribution in [0.1, 0.15) is 11.1 Å². The first-order valence-corrected chi connectivity index (χ1v) is 42.1. The second kappa shape index (κ2) is 33.6. The fourth-order valence-corrected chi connectivity index (χ4v) is 16.8. The van der Waals surface area contributed by atoms with Crippen molar-refractivity contribution in [1.82, 2.24) is 9.97 Å². The Bertz CT molecular complexity index is 6340. The van der Waals surface area contributed by atoms with Gasteiger partial charge >= 0.3 is 0 Å². The van der Waals surface area contributed by atoms with Crippen molar-refractivity contribution >= 4 is 0 Å². The molecule has 0 unspecified atom stereocenters. The van der Waals surface area contributed by atoms with Crippen LogP contribution in [-0.4, -0.2) is 9.97 Å². The molecule has 38 aliphatic carbocycles. The molecule has 20 aromatic rings. The average Bonchev–Trinajstić information content (AvgIpc) is 0.813. The molecule has 0 atom stereocenters. The van der Waals surface area contributed by atoms with Crippen LogP contribution < -0.4 is 0 Å². The summed E-state index contributed by atoms with van der Waals surface area (Å²) in [4.78, 5) is 9.62. The van der Waals surface area contributed by atoms with E-state index in [9.17, 15) is 0 Å². The molecule has 0 saturated carbocycles. The zero-order valence-corrected chi connectivity index (χ0v) is 67.9. The smallest absolute Gasteiger partial charge is 0.0702 e. The van der Waals surface area contributed by atoms with Gasteiger partial charge in [-0.25, -0.2) is 0 Å². The summed E-state index contributed by atoms with van der Waals surface area (Å²) in [5.41, 5.74) is 46.2. The van der Waals surface area contributed by atoms with Crippen molar-refractivity contribution in [3.8, 4) is 235 Å². The maximum absolute atomic E-state index is 4.81. The van der Waals surface area contributed by atoms with Crippen molar-refractivity contribution in [3.63, 3.8) is 0 Å². The van der Waals surface area contributed by atoms with Gasteiger partial charge in [0.1, 0.15) is 0 Å². The summed E-state index contributed by atoms with van der Waals surface area (Å²) < 4.78 is 0. The fourth-order valence-electron chi connectivity index (χ4n) is 16.8. The number of aromatic nitrogens is 2. The number of hydrogen-bond donors (Lipinski definition) is 0. The van der Waals surface area contributed by atoms with Crippen LogP contribution in [0.25, 0.3) is 212 Å². The maximum Gasteiger partial charge on any atom is 0.0702 e. The zero-order valence-electron chi connectivity index (χ0n) is 67.9. The molecule has 0 saturated heterocycles. The lowest BCUT2D eigenvalue weighted by Crippen LogP contribution is -1.88. The Morgan fingerprint density at radius 3 is 0.306 bits per heavy atom. The largest absolute Gasteiger partial charge is 0.256 e. The molecule has 0 N–H and O–H groups in total. The van der Waals surface area contributed by atoms with Crippen molar-refractivity contribution in [1.29, 1.82) is 0 Å². The van der Waals surface area contributed by atoms with Gasteiger partial charge in [0.15, 0.2) is 0 Å². The number of benzene rings is 18. The molecule has 8 aliphatic heterocycles. The van der Waals surface area contributed by atoms with E-state index in [0.29, 0.717) is 0 Å². The predicted molar refractivity (Wildman–Crippen MR) is 519 cm³/mol. The first-order valence-electron chi connectivity index (χ1n) is 42.1. The molecule has 2 aromatic heterocycles. The van der Waals surface area contributed by atoms with Gasteiger partial charge in [0, 0.05) is 45.8 Å². The van der Waals surface area contributed by atoms with E-state index in [1.54, 1.807) is 0 Å². The monoisotopic (exact) mass is 1570 g/mol. The van der Waals surface area contributed by atoms with E-state index in [2.05, 4.69) is 485 Å². The van der Waals surface area contributed by atoms with Crippen LogP contribution in [0.15, 0.2) is 473 Å². The topological polar surface area (TPSA) is 25.8 Å². The van der Waals surface area contributed by atoms with Crippen LogP contribution >= 0.6 is 0 Å². The third-order valence-corrected chi connectivity index (χ3v) is 24.2. The minimum atomic E-state index is 0.935. The maximum atomic E-state index is 4.81. The molecule has 0 amide bonds. The summed E-state index contributed by atoms with van der Waals surface area (Å²) in [6.07, 6.45) is 3.92. The fraction of sp³-hybridized carbons (Fsp3) is 0. The average molecular weight is 1570 g/mol. The molecule has 10 heterocycles. The van der Waals surface area contributed by atoms with Crippen molar-refractivity contribution in [2.24, 2.45) is 0 Å². The van der Waals surface area contributed by atoms with Gasteiger partial charge in [-0.15, -0.1) is 0 Å². The summed E-state index contributed by atoms with van der Waals surface area (Å²) >= 11 is 0. The summed E-state index contributed by atoms with van der Waals surface area (Å²) in [5.74, 6) is 12.5. The Morgan fingerprint density at radius 1 is 0.0968 bits per heavy atom. The van der Waals surface area contributed by atoms with Crippen LogP contribution in [-0.2, 0) is 0 Å². The number of hydrogen-bond acceptors (Lipinski definition) is 2. The van der Waals surface area contributed by atoms with Gasteiger partial charge in [0.25, 0.3) is 0 Å². The van der Waals surface area contributed by atoms with E-state index in [1.165, 1.54) is 156 Å². The third-order valence-electron chi connectivity index (χ3n) is 24.2.